The summed E-state index contributed by atoms with van der Waals surface area (Å²) in [6.07, 6.45) is 2.69. The van der Waals surface area contributed by atoms with Gasteiger partial charge in [-0.1, -0.05) is 55.6 Å². The maximum absolute atomic E-state index is 12.2. The van der Waals surface area contributed by atoms with Crippen LogP contribution < -0.4 is 4.74 Å². The molecule has 5 heteroatoms. The third kappa shape index (κ3) is 5.76. The van der Waals surface area contributed by atoms with Crippen LogP contribution >= 0.6 is 11.6 Å². The smallest absolute Gasteiger partial charge is 0.119 e. The van der Waals surface area contributed by atoms with Gasteiger partial charge in [0, 0.05) is 30.6 Å². The van der Waals surface area contributed by atoms with Crippen molar-refractivity contribution in [3.8, 4) is 5.75 Å². The lowest BCUT2D eigenvalue weighted by molar-refractivity contribution is -0.0294. The van der Waals surface area contributed by atoms with E-state index in [4.69, 9.17) is 21.1 Å². The van der Waals surface area contributed by atoms with Crippen molar-refractivity contribution in [1.29, 1.82) is 0 Å². The Bertz CT molecular complexity index is 759. The average Bonchev–Trinajstić information content (AvgIpc) is 2.78. The molecule has 0 spiro atoms. The first-order valence-corrected chi connectivity index (χ1v) is 11.5. The summed E-state index contributed by atoms with van der Waals surface area (Å²) in [5, 5.41) is 12.9. The number of hydrogen-bond acceptors (Lipinski definition) is 4. The van der Waals surface area contributed by atoms with Crippen LogP contribution in [0.15, 0.2) is 48.5 Å². The van der Waals surface area contributed by atoms with Gasteiger partial charge < -0.3 is 14.6 Å². The SMILES string of the molecule is CCCCC(O)(c1ccc(OCC)cc1)C(CN1CCOCC1)c1ccc(Cl)cc1. The van der Waals surface area contributed by atoms with Crippen LogP contribution in [-0.2, 0) is 10.3 Å². The molecule has 1 aliphatic heterocycles. The van der Waals surface area contributed by atoms with Crippen molar-refractivity contribution in [3.63, 3.8) is 0 Å². The largest absolute Gasteiger partial charge is 0.494 e. The van der Waals surface area contributed by atoms with E-state index in [-0.39, 0.29) is 5.92 Å². The zero-order chi connectivity index (χ0) is 21.4. The lowest BCUT2D eigenvalue weighted by Crippen LogP contribution is -2.45. The normalized spacial score (nSPS) is 18.0. The summed E-state index contributed by atoms with van der Waals surface area (Å²) in [4.78, 5) is 2.40. The first-order valence-electron chi connectivity index (χ1n) is 11.1. The zero-order valence-electron chi connectivity index (χ0n) is 18.1. The number of morpholine rings is 1. The number of aliphatic hydroxyl groups is 1. The van der Waals surface area contributed by atoms with E-state index in [2.05, 4.69) is 24.0 Å². The number of benzene rings is 2. The van der Waals surface area contributed by atoms with Crippen LogP contribution in [0.2, 0.25) is 5.02 Å². The van der Waals surface area contributed by atoms with Gasteiger partial charge in [0.1, 0.15) is 5.75 Å². The van der Waals surface area contributed by atoms with Crippen LogP contribution in [0.25, 0.3) is 0 Å². The molecule has 0 radical (unpaired) electrons. The second kappa shape index (κ2) is 11.1. The fraction of sp³-hybridized carbons (Fsp3) is 0.520. The van der Waals surface area contributed by atoms with E-state index >= 15 is 0 Å². The fourth-order valence-corrected chi connectivity index (χ4v) is 4.37. The molecule has 2 aromatic rings. The highest BCUT2D eigenvalue weighted by Gasteiger charge is 2.40. The minimum absolute atomic E-state index is 0.0719. The molecule has 4 nitrogen and oxygen atoms in total. The highest BCUT2D eigenvalue weighted by atomic mass is 35.5. The molecule has 0 aromatic heterocycles. The van der Waals surface area contributed by atoms with E-state index < -0.39 is 5.60 Å². The van der Waals surface area contributed by atoms with Crippen molar-refractivity contribution in [2.24, 2.45) is 0 Å². The third-order valence-corrected chi connectivity index (χ3v) is 6.22. The van der Waals surface area contributed by atoms with Crippen molar-refractivity contribution < 1.29 is 14.6 Å². The second-order valence-corrected chi connectivity index (χ2v) is 8.44. The number of ether oxygens (including phenoxy) is 2. The molecule has 1 saturated heterocycles. The Labute approximate surface area is 185 Å². The molecule has 1 aliphatic rings. The Hall–Kier alpha value is -1.59. The summed E-state index contributed by atoms with van der Waals surface area (Å²) in [6.45, 7) is 8.80. The van der Waals surface area contributed by atoms with Crippen molar-refractivity contribution in [1.82, 2.24) is 4.90 Å². The monoisotopic (exact) mass is 431 g/mol. The third-order valence-electron chi connectivity index (χ3n) is 5.97. The van der Waals surface area contributed by atoms with Gasteiger partial charge >= 0.3 is 0 Å². The molecule has 1 fully saturated rings. The Balaban J connectivity index is 1.99. The summed E-state index contributed by atoms with van der Waals surface area (Å²) in [7, 11) is 0. The number of unbranched alkanes of at least 4 members (excludes halogenated alkanes) is 1. The Morgan fingerprint density at radius 1 is 1.07 bits per heavy atom. The Kier molecular flexibility index (Phi) is 8.58. The number of halogens is 1. The fourth-order valence-electron chi connectivity index (χ4n) is 4.24. The summed E-state index contributed by atoms with van der Waals surface area (Å²) < 4.78 is 11.2. The van der Waals surface area contributed by atoms with E-state index in [9.17, 15) is 5.11 Å². The first kappa shape index (κ1) is 23.1. The summed E-state index contributed by atoms with van der Waals surface area (Å²) in [6, 6.07) is 15.9. The van der Waals surface area contributed by atoms with Gasteiger partial charge in [0.05, 0.1) is 25.4 Å². The Morgan fingerprint density at radius 2 is 1.73 bits per heavy atom. The van der Waals surface area contributed by atoms with Gasteiger partial charge in [-0.15, -0.1) is 0 Å². The van der Waals surface area contributed by atoms with Crippen LogP contribution in [-0.4, -0.2) is 49.5 Å². The molecule has 2 aromatic carbocycles. The molecule has 0 amide bonds. The molecular formula is C25H34ClNO3. The van der Waals surface area contributed by atoms with Crippen molar-refractivity contribution in [3.05, 3.63) is 64.7 Å². The predicted molar refractivity (Wildman–Crippen MR) is 122 cm³/mol. The second-order valence-electron chi connectivity index (χ2n) is 8.00. The standard InChI is InChI=1S/C25H34ClNO3/c1-3-5-14-25(28,21-8-12-23(13-9-21)30-4-2)24(19-27-15-17-29-18-16-27)20-6-10-22(26)11-7-20/h6-13,24,28H,3-5,14-19H2,1-2H3. The van der Waals surface area contributed by atoms with Crippen LogP contribution in [0.4, 0.5) is 0 Å². The quantitative estimate of drug-likeness (QED) is 0.559. The van der Waals surface area contributed by atoms with Gasteiger partial charge in [-0.25, -0.2) is 0 Å². The maximum Gasteiger partial charge on any atom is 0.119 e. The van der Waals surface area contributed by atoms with Gasteiger partial charge in [-0.3, -0.25) is 4.90 Å². The minimum atomic E-state index is -0.979. The van der Waals surface area contributed by atoms with Crippen LogP contribution in [0.1, 0.15) is 50.2 Å². The van der Waals surface area contributed by atoms with Crippen molar-refractivity contribution in [2.75, 3.05) is 39.5 Å². The zero-order valence-corrected chi connectivity index (χ0v) is 18.9. The molecule has 2 atom stereocenters. The number of hydrogen-bond donors (Lipinski definition) is 1. The van der Waals surface area contributed by atoms with Crippen LogP contribution in [0.5, 0.6) is 5.75 Å². The molecule has 3 rings (SSSR count). The lowest BCUT2D eigenvalue weighted by atomic mass is 9.74. The molecule has 1 heterocycles. The summed E-state index contributed by atoms with van der Waals surface area (Å²) >= 11 is 6.17. The average molecular weight is 432 g/mol. The van der Waals surface area contributed by atoms with Crippen molar-refractivity contribution in [2.45, 2.75) is 44.6 Å². The molecule has 164 valence electrons. The van der Waals surface area contributed by atoms with E-state index in [0.717, 1.165) is 62.6 Å². The highest BCUT2D eigenvalue weighted by Crippen LogP contribution is 2.42. The van der Waals surface area contributed by atoms with Gasteiger partial charge in [0.25, 0.3) is 0 Å². The van der Waals surface area contributed by atoms with Gasteiger partial charge in [-0.2, -0.15) is 0 Å². The number of nitrogens with zero attached hydrogens (tertiary/aromatic N) is 1. The lowest BCUT2D eigenvalue weighted by Gasteiger charge is -2.41. The highest BCUT2D eigenvalue weighted by molar-refractivity contribution is 6.30. The molecule has 1 N–H and O–H groups in total. The first-order chi connectivity index (χ1) is 14.6. The summed E-state index contributed by atoms with van der Waals surface area (Å²) in [5.74, 6) is 0.757. The Morgan fingerprint density at radius 3 is 2.33 bits per heavy atom. The number of rotatable bonds is 10. The van der Waals surface area contributed by atoms with E-state index in [0.29, 0.717) is 18.1 Å². The predicted octanol–water partition coefficient (Wildman–Crippen LogP) is 5.23. The molecule has 0 bridgehead atoms. The summed E-state index contributed by atoms with van der Waals surface area (Å²) in [5.41, 5.74) is 1.07. The minimum Gasteiger partial charge on any atom is -0.494 e. The van der Waals surface area contributed by atoms with Crippen molar-refractivity contribution >= 4 is 11.6 Å². The molecular weight excluding hydrogens is 398 g/mol. The van der Waals surface area contributed by atoms with E-state index in [1.165, 1.54) is 0 Å². The van der Waals surface area contributed by atoms with E-state index in [1.807, 2.05) is 43.3 Å². The van der Waals surface area contributed by atoms with Crippen LogP contribution in [0.3, 0.4) is 0 Å². The molecule has 30 heavy (non-hydrogen) atoms. The molecule has 0 aliphatic carbocycles. The topological polar surface area (TPSA) is 41.9 Å². The molecule has 0 saturated carbocycles. The van der Waals surface area contributed by atoms with E-state index in [1.54, 1.807) is 0 Å². The molecule has 2 unspecified atom stereocenters. The maximum atomic E-state index is 12.2. The van der Waals surface area contributed by atoms with Gasteiger partial charge in [0.2, 0.25) is 0 Å². The van der Waals surface area contributed by atoms with Crippen LogP contribution in [0, 0.1) is 0 Å². The van der Waals surface area contributed by atoms with Gasteiger partial charge in [0.15, 0.2) is 0 Å². The van der Waals surface area contributed by atoms with Gasteiger partial charge in [-0.05, 0) is 48.7 Å².